The second-order valence-electron chi connectivity index (χ2n) is 5.04. The fourth-order valence-electron chi connectivity index (χ4n) is 1.78. The van der Waals surface area contributed by atoms with E-state index >= 15 is 0 Å². The standard InChI is InChI=1S/C15H20N2O4/c1-10-7-8-12(11(9-10)15(20)21)16-13(18)5-4-6-14(19)17(2)3/h7-9H,4-6H2,1-3H3,(H,16,18)(H,20,21). The molecule has 0 bridgehead atoms. The maximum absolute atomic E-state index is 11.8. The summed E-state index contributed by atoms with van der Waals surface area (Å²) in [4.78, 5) is 35.8. The SMILES string of the molecule is Cc1ccc(NC(=O)CCCC(=O)N(C)C)c(C(=O)O)c1. The van der Waals surface area contributed by atoms with Gasteiger partial charge in [0.25, 0.3) is 0 Å². The number of amides is 2. The van der Waals surface area contributed by atoms with Crippen molar-refractivity contribution in [3.63, 3.8) is 0 Å². The number of carboxylic acids is 1. The summed E-state index contributed by atoms with van der Waals surface area (Å²) in [6.07, 6.45) is 0.893. The number of anilines is 1. The van der Waals surface area contributed by atoms with Crippen LogP contribution in [0.25, 0.3) is 0 Å². The van der Waals surface area contributed by atoms with Crippen molar-refractivity contribution in [1.82, 2.24) is 4.90 Å². The van der Waals surface area contributed by atoms with Gasteiger partial charge in [-0.2, -0.15) is 0 Å². The molecule has 0 unspecified atom stereocenters. The van der Waals surface area contributed by atoms with E-state index < -0.39 is 5.97 Å². The molecule has 0 aliphatic carbocycles. The van der Waals surface area contributed by atoms with E-state index in [1.54, 1.807) is 33.2 Å². The van der Waals surface area contributed by atoms with Crippen molar-refractivity contribution in [3.8, 4) is 0 Å². The topological polar surface area (TPSA) is 86.7 Å². The Bertz CT molecular complexity index is 553. The molecule has 6 heteroatoms. The van der Waals surface area contributed by atoms with Crippen LogP contribution < -0.4 is 5.32 Å². The van der Waals surface area contributed by atoms with Crippen molar-refractivity contribution in [2.75, 3.05) is 19.4 Å². The van der Waals surface area contributed by atoms with Crippen molar-refractivity contribution in [2.45, 2.75) is 26.2 Å². The van der Waals surface area contributed by atoms with E-state index in [0.29, 0.717) is 12.8 Å². The van der Waals surface area contributed by atoms with Crippen molar-refractivity contribution >= 4 is 23.5 Å². The molecule has 0 radical (unpaired) electrons. The van der Waals surface area contributed by atoms with E-state index in [4.69, 9.17) is 5.11 Å². The van der Waals surface area contributed by atoms with Gasteiger partial charge in [-0.3, -0.25) is 9.59 Å². The van der Waals surface area contributed by atoms with Gasteiger partial charge in [0.1, 0.15) is 0 Å². The molecule has 6 nitrogen and oxygen atoms in total. The Morgan fingerprint density at radius 2 is 1.86 bits per heavy atom. The molecule has 114 valence electrons. The molecule has 0 saturated carbocycles. The highest BCUT2D eigenvalue weighted by atomic mass is 16.4. The second kappa shape index (κ2) is 7.42. The Morgan fingerprint density at radius 3 is 2.43 bits per heavy atom. The van der Waals surface area contributed by atoms with Crippen molar-refractivity contribution in [3.05, 3.63) is 29.3 Å². The van der Waals surface area contributed by atoms with E-state index in [1.807, 2.05) is 0 Å². The molecule has 0 heterocycles. The first kappa shape index (κ1) is 16.7. The van der Waals surface area contributed by atoms with Crippen LogP contribution in [0.4, 0.5) is 5.69 Å². The third-order valence-electron chi connectivity index (χ3n) is 2.97. The lowest BCUT2D eigenvalue weighted by molar-refractivity contribution is -0.128. The quantitative estimate of drug-likeness (QED) is 0.838. The molecule has 0 aliphatic rings. The summed E-state index contributed by atoms with van der Waals surface area (Å²) in [5.41, 5.74) is 1.15. The van der Waals surface area contributed by atoms with Crippen LogP contribution in [0.5, 0.6) is 0 Å². The van der Waals surface area contributed by atoms with Gasteiger partial charge in [0.05, 0.1) is 11.3 Å². The van der Waals surface area contributed by atoms with Crippen LogP contribution >= 0.6 is 0 Å². The highest BCUT2D eigenvalue weighted by Gasteiger charge is 2.13. The number of aryl methyl sites for hydroxylation is 1. The van der Waals surface area contributed by atoms with Gasteiger partial charge in [-0.1, -0.05) is 11.6 Å². The van der Waals surface area contributed by atoms with Crippen LogP contribution in [0, 0.1) is 6.92 Å². The molecular formula is C15H20N2O4. The van der Waals surface area contributed by atoms with E-state index in [1.165, 1.54) is 11.0 Å². The largest absolute Gasteiger partial charge is 0.478 e. The minimum absolute atomic E-state index is 0.0376. The van der Waals surface area contributed by atoms with Crippen LogP contribution in [0.15, 0.2) is 18.2 Å². The average Bonchev–Trinajstić information content (AvgIpc) is 2.40. The normalized spacial score (nSPS) is 10.0. The zero-order chi connectivity index (χ0) is 16.0. The Balaban J connectivity index is 2.59. The summed E-state index contributed by atoms with van der Waals surface area (Å²) < 4.78 is 0. The Hall–Kier alpha value is -2.37. The van der Waals surface area contributed by atoms with Gasteiger partial charge in [-0.05, 0) is 25.5 Å². The first-order chi connectivity index (χ1) is 9.81. The lowest BCUT2D eigenvalue weighted by atomic mass is 10.1. The first-order valence-corrected chi connectivity index (χ1v) is 6.65. The number of carboxylic acid groups (broad SMARTS) is 1. The minimum atomic E-state index is -1.09. The van der Waals surface area contributed by atoms with Crippen molar-refractivity contribution in [1.29, 1.82) is 0 Å². The van der Waals surface area contributed by atoms with Crippen LogP contribution in [-0.2, 0) is 9.59 Å². The third kappa shape index (κ3) is 5.25. The number of hydrogen-bond donors (Lipinski definition) is 2. The van der Waals surface area contributed by atoms with Gasteiger partial charge >= 0.3 is 5.97 Å². The Labute approximate surface area is 123 Å². The minimum Gasteiger partial charge on any atom is -0.478 e. The summed E-state index contributed by atoms with van der Waals surface area (Å²) in [6.45, 7) is 1.78. The van der Waals surface area contributed by atoms with Crippen molar-refractivity contribution < 1.29 is 19.5 Å². The summed E-state index contributed by atoms with van der Waals surface area (Å²) in [5.74, 6) is -1.42. The number of rotatable bonds is 6. The van der Waals surface area contributed by atoms with Crippen LogP contribution in [0.3, 0.4) is 0 Å². The molecule has 0 atom stereocenters. The first-order valence-electron chi connectivity index (χ1n) is 6.65. The van der Waals surface area contributed by atoms with E-state index in [2.05, 4.69) is 5.32 Å². The molecule has 0 saturated heterocycles. The van der Waals surface area contributed by atoms with E-state index in [-0.39, 0.29) is 29.5 Å². The maximum Gasteiger partial charge on any atom is 0.337 e. The predicted molar refractivity (Wildman–Crippen MR) is 79.3 cm³/mol. The molecule has 0 fully saturated rings. The lowest BCUT2D eigenvalue weighted by Crippen LogP contribution is -2.22. The fourth-order valence-corrected chi connectivity index (χ4v) is 1.78. The summed E-state index contributed by atoms with van der Waals surface area (Å²) in [7, 11) is 3.32. The van der Waals surface area contributed by atoms with Crippen LogP contribution in [0.2, 0.25) is 0 Å². The fraction of sp³-hybridized carbons (Fsp3) is 0.400. The van der Waals surface area contributed by atoms with Gasteiger partial charge in [0, 0.05) is 26.9 Å². The van der Waals surface area contributed by atoms with Crippen LogP contribution in [0.1, 0.15) is 35.2 Å². The van der Waals surface area contributed by atoms with Gasteiger partial charge in [0.2, 0.25) is 11.8 Å². The zero-order valence-electron chi connectivity index (χ0n) is 12.5. The van der Waals surface area contributed by atoms with Crippen molar-refractivity contribution in [2.24, 2.45) is 0 Å². The number of hydrogen-bond acceptors (Lipinski definition) is 3. The average molecular weight is 292 g/mol. The molecule has 0 spiro atoms. The molecule has 2 amide bonds. The van der Waals surface area contributed by atoms with Crippen LogP contribution in [-0.4, -0.2) is 41.9 Å². The third-order valence-corrected chi connectivity index (χ3v) is 2.97. The van der Waals surface area contributed by atoms with Gasteiger partial charge < -0.3 is 15.3 Å². The highest BCUT2D eigenvalue weighted by Crippen LogP contribution is 2.18. The molecule has 0 aromatic heterocycles. The maximum atomic E-state index is 11.8. The zero-order valence-corrected chi connectivity index (χ0v) is 12.5. The smallest absolute Gasteiger partial charge is 0.337 e. The van der Waals surface area contributed by atoms with Gasteiger partial charge in [-0.15, -0.1) is 0 Å². The monoisotopic (exact) mass is 292 g/mol. The second-order valence-corrected chi connectivity index (χ2v) is 5.04. The summed E-state index contributed by atoms with van der Waals surface area (Å²) in [5, 5.41) is 11.7. The van der Waals surface area contributed by atoms with Gasteiger partial charge in [0.15, 0.2) is 0 Å². The molecule has 1 aromatic rings. The molecule has 1 aromatic carbocycles. The molecule has 1 rings (SSSR count). The highest BCUT2D eigenvalue weighted by molar-refractivity contribution is 6.00. The van der Waals surface area contributed by atoms with E-state index in [0.717, 1.165) is 5.56 Å². The Morgan fingerprint density at radius 1 is 1.19 bits per heavy atom. The number of aromatic carboxylic acids is 1. The van der Waals surface area contributed by atoms with E-state index in [9.17, 15) is 14.4 Å². The molecule has 0 aliphatic heterocycles. The number of carbonyl (C=O) groups excluding carboxylic acids is 2. The molecule has 21 heavy (non-hydrogen) atoms. The molecule has 2 N–H and O–H groups in total. The number of nitrogens with zero attached hydrogens (tertiary/aromatic N) is 1. The number of nitrogens with one attached hydrogen (secondary N) is 1. The lowest BCUT2D eigenvalue weighted by Gasteiger charge is -2.11. The number of carbonyl (C=O) groups is 3. The van der Waals surface area contributed by atoms with Gasteiger partial charge in [-0.25, -0.2) is 4.79 Å². The molecular weight excluding hydrogens is 272 g/mol. The summed E-state index contributed by atoms with van der Waals surface area (Å²) >= 11 is 0. The number of benzene rings is 1. The predicted octanol–water partition coefficient (Wildman–Crippen LogP) is 1.89. The summed E-state index contributed by atoms with van der Waals surface area (Å²) in [6, 6.07) is 4.81. The Kier molecular flexibility index (Phi) is 5.90.